The van der Waals surface area contributed by atoms with E-state index >= 15 is 0 Å². The van der Waals surface area contributed by atoms with Gasteiger partial charge in [-0.05, 0) is 17.7 Å². The highest BCUT2D eigenvalue weighted by Crippen LogP contribution is 2.11. The molecule has 14 heavy (non-hydrogen) atoms. The Kier molecular flexibility index (Phi) is 2.65. The zero-order valence-electron chi connectivity index (χ0n) is 7.16. The zero-order valence-corrected chi connectivity index (χ0v) is 8.73. The quantitative estimate of drug-likeness (QED) is 0.852. The predicted molar refractivity (Wildman–Crippen MR) is 57.0 cm³/mol. The molecular formula is C9H7ClN2OS. The molecule has 2 rings (SSSR count). The first-order chi connectivity index (χ1) is 6.74. The fourth-order valence-corrected chi connectivity index (χ4v) is 1.72. The van der Waals surface area contributed by atoms with Crippen molar-refractivity contribution in [3.05, 3.63) is 50.3 Å². The maximum Gasteiger partial charge on any atom is 0.323 e. The van der Waals surface area contributed by atoms with Crippen LogP contribution in [0.1, 0.15) is 11.4 Å². The van der Waals surface area contributed by atoms with Crippen LogP contribution < -0.4 is 4.87 Å². The molecular weight excluding hydrogens is 220 g/mol. The van der Waals surface area contributed by atoms with Crippen molar-refractivity contribution in [3.8, 4) is 0 Å². The van der Waals surface area contributed by atoms with Crippen molar-refractivity contribution in [2.45, 2.75) is 6.42 Å². The van der Waals surface area contributed by atoms with Crippen molar-refractivity contribution in [1.29, 1.82) is 0 Å². The van der Waals surface area contributed by atoms with Gasteiger partial charge in [0.1, 0.15) is 5.82 Å². The minimum atomic E-state index is -0.117. The van der Waals surface area contributed by atoms with Gasteiger partial charge >= 0.3 is 4.87 Å². The molecule has 0 unspecified atom stereocenters. The molecule has 0 amide bonds. The van der Waals surface area contributed by atoms with Crippen LogP contribution in [-0.4, -0.2) is 9.36 Å². The van der Waals surface area contributed by atoms with Crippen molar-refractivity contribution in [2.75, 3.05) is 0 Å². The molecule has 0 radical (unpaired) electrons. The van der Waals surface area contributed by atoms with Crippen LogP contribution >= 0.6 is 23.1 Å². The van der Waals surface area contributed by atoms with Crippen LogP contribution in [0.3, 0.4) is 0 Å². The average molecular weight is 227 g/mol. The standard InChI is InChI=1S/C9H7ClN2OS/c10-7-3-1-6(2-4-7)5-8-11-9(13)14-12-8/h1-4H,5H2,(H,11,12,13). The highest BCUT2D eigenvalue weighted by atomic mass is 35.5. The summed E-state index contributed by atoms with van der Waals surface area (Å²) in [5, 5.41) is 0.709. The van der Waals surface area contributed by atoms with Crippen molar-refractivity contribution < 1.29 is 0 Å². The molecule has 0 spiro atoms. The maximum absolute atomic E-state index is 10.8. The number of aromatic amines is 1. The van der Waals surface area contributed by atoms with Crippen LogP contribution in [0.25, 0.3) is 0 Å². The first-order valence-electron chi connectivity index (χ1n) is 4.03. The van der Waals surface area contributed by atoms with E-state index in [-0.39, 0.29) is 4.87 Å². The Labute approximate surface area is 89.5 Å². The molecule has 0 aliphatic rings. The molecule has 0 atom stereocenters. The number of nitrogens with zero attached hydrogens (tertiary/aromatic N) is 1. The first kappa shape index (κ1) is 9.43. The SMILES string of the molecule is O=c1[nH]c(Cc2ccc(Cl)cc2)ns1. The summed E-state index contributed by atoms with van der Waals surface area (Å²) in [6.07, 6.45) is 0.635. The lowest BCUT2D eigenvalue weighted by Crippen LogP contribution is -1.96. The Bertz CT molecular complexity index is 474. The molecule has 1 aromatic heterocycles. The van der Waals surface area contributed by atoms with E-state index in [1.165, 1.54) is 0 Å². The number of benzene rings is 1. The van der Waals surface area contributed by atoms with Crippen LogP contribution in [0.15, 0.2) is 29.1 Å². The Morgan fingerprint density at radius 1 is 1.36 bits per heavy atom. The van der Waals surface area contributed by atoms with E-state index in [2.05, 4.69) is 9.36 Å². The molecule has 72 valence electrons. The summed E-state index contributed by atoms with van der Waals surface area (Å²) < 4.78 is 3.97. The van der Waals surface area contributed by atoms with Crippen molar-refractivity contribution in [1.82, 2.24) is 9.36 Å². The van der Waals surface area contributed by atoms with Crippen molar-refractivity contribution in [3.63, 3.8) is 0 Å². The monoisotopic (exact) mass is 226 g/mol. The molecule has 3 nitrogen and oxygen atoms in total. The Balaban J connectivity index is 2.19. The number of aromatic nitrogens is 2. The normalized spacial score (nSPS) is 10.4. The number of H-pyrrole nitrogens is 1. The first-order valence-corrected chi connectivity index (χ1v) is 5.18. The molecule has 0 aliphatic carbocycles. The van der Waals surface area contributed by atoms with Gasteiger partial charge in [0, 0.05) is 23.0 Å². The third-order valence-electron chi connectivity index (χ3n) is 1.77. The molecule has 1 N–H and O–H groups in total. The fourth-order valence-electron chi connectivity index (χ4n) is 1.13. The summed E-state index contributed by atoms with van der Waals surface area (Å²) in [5.74, 6) is 0.697. The second-order valence-electron chi connectivity index (χ2n) is 2.84. The van der Waals surface area contributed by atoms with Crippen LogP contribution in [0, 0.1) is 0 Å². The molecule has 0 fully saturated rings. The average Bonchev–Trinajstić information content (AvgIpc) is 2.56. The van der Waals surface area contributed by atoms with E-state index in [0.717, 1.165) is 17.1 Å². The largest absolute Gasteiger partial charge is 0.323 e. The van der Waals surface area contributed by atoms with Crippen molar-refractivity contribution >= 4 is 23.1 Å². The number of halogens is 1. The van der Waals surface area contributed by atoms with Gasteiger partial charge in [-0.2, -0.15) is 4.37 Å². The van der Waals surface area contributed by atoms with Gasteiger partial charge in [-0.15, -0.1) is 0 Å². The molecule has 1 aromatic carbocycles. The summed E-state index contributed by atoms with van der Waals surface area (Å²) in [6, 6.07) is 7.47. The van der Waals surface area contributed by atoms with E-state index in [9.17, 15) is 4.79 Å². The molecule has 0 saturated heterocycles. The predicted octanol–water partition coefficient (Wildman–Crippen LogP) is 2.08. The molecule has 0 saturated carbocycles. The fraction of sp³-hybridized carbons (Fsp3) is 0.111. The minimum absolute atomic E-state index is 0.117. The van der Waals surface area contributed by atoms with Crippen LogP contribution in [0.5, 0.6) is 0 Å². The van der Waals surface area contributed by atoms with Gasteiger partial charge < -0.3 is 0 Å². The van der Waals surface area contributed by atoms with Crippen molar-refractivity contribution in [2.24, 2.45) is 0 Å². The second-order valence-corrected chi connectivity index (χ2v) is 4.02. The summed E-state index contributed by atoms with van der Waals surface area (Å²) >= 11 is 6.69. The van der Waals surface area contributed by atoms with E-state index in [1.807, 2.05) is 24.3 Å². The van der Waals surface area contributed by atoms with E-state index in [4.69, 9.17) is 11.6 Å². The molecule has 0 aliphatic heterocycles. The maximum atomic E-state index is 10.8. The lowest BCUT2D eigenvalue weighted by Gasteiger charge is -1.96. The lowest BCUT2D eigenvalue weighted by molar-refractivity contribution is 1.02. The topological polar surface area (TPSA) is 45.8 Å². The van der Waals surface area contributed by atoms with E-state index in [0.29, 0.717) is 17.3 Å². The van der Waals surface area contributed by atoms with Gasteiger partial charge in [-0.1, -0.05) is 23.7 Å². The smallest absolute Gasteiger partial charge is 0.299 e. The Morgan fingerprint density at radius 3 is 2.64 bits per heavy atom. The summed E-state index contributed by atoms with van der Waals surface area (Å²) in [5.41, 5.74) is 1.08. The van der Waals surface area contributed by atoms with Gasteiger partial charge in [-0.25, -0.2) is 0 Å². The number of nitrogens with one attached hydrogen (secondary N) is 1. The third-order valence-corrected chi connectivity index (χ3v) is 2.60. The highest BCUT2D eigenvalue weighted by Gasteiger charge is 2.00. The van der Waals surface area contributed by atoms with Gasteiger partial charge in [0.2, 0.25) is 0 Å². The lowest BCUT2D eigenvalue weighted by atomic mass is 10.1. The summed E-state index contributed by atoms with van der Waals surface area (Å²) in [4.78, 5) is 13.4. The second kappa shape index (κ2) is 3.94. The molecule has 0 bridgehead atoms. The number of hydrogen-bond acceptors (Lipinski definition) is 3. The van der Waals surface area contributed by atoms with Crippen LogP contribution in [-0.2, 0) is 6.42 Å². The Morgan fingerprint density at radius 2 is 2.07 bits per heavy atom. The highest BCUT2D eigenvalue weighted by molar-refractivity contribution is 7.02. The van der Waals surface area contributed by atoms with E-state index in [1.54, 1.807) is 0 Å². The van der Waals surface area contributed by atoms with Gasteiger partial charge in [0.05, 0.1) is 0 Å². The van der Waals surface area contributed by atoms with Gasteiger partial charge in [0.25, 0.3) is 0 Å². The Hall–Kier alpha value is -1.13. The number of rotatable bonds is 2. The molecule has 5 heteroatoms. The number of hydrogen-bond donors (Lipinski definition) is 1. The summed E-state index contributed by atoms with van der Waals surface area (Å²) in [7, 11) is 0. The summed E-state index contributed by atoms with van der Waals surface area (Å²) in [6.45, 7) is 0. The van der Waals surface area contributed by atoms with Gasteiger partial charge in [-0.3, -0.25) is 9.78 Å². The van der Waals surface area contributed by atoms with Crippen LogP contribution in [0.4, 0.5) is 0 Å². The van der Waals surface area contributed by atoms with E-state index < -0.39 is 0 Å². The zero-order chi connectivity index (χ0) is 9.97. The molecule has 2 aromatic rings. The van der Waals surface area contributed by atoms with Gasteiger partial charge in [0.15, 0.2) is 0 Å². The van der Waals surface area contributed by atoms with Crippen LogP contribution in [0.2, 0.25) is 5.02 Å². The molecule has 1 heterocycles. The third kappa shape index (κ3) is 2.21. The minimum Gasteiger partial charge on any atom is -0.299 e.